The first-order valence-corrected chi connectivity index (χ1v) is 18.6. The molecule has 0 amide bonds. The first-order valence-electron chi connectivity index (χ1n) is 16.7. The Hall–Kier alpha value is -4.30. The van der Waals surface area contributed by atoms with Gasteiger partial charge >= 0.3 is 0 Å². The van der Waals surface area contributed by atoms with Crippen molar-refractivity contribution in [3.63, 3.8) is 0 Å². The Balaban J connectivity index is 1.36. The van der Waals surface area contributed by atoms with Crippen molar-refractivity contribution in [2.24, 2.45) is 0 Å². The monoisotopic (exact) mass is 663 g/mol. The Bertz CT molecular complexity index is 1900. The topological polar surface area (TPSA) is 109 Å². The van der Waals surface area contributed by atoms with E-state index in [4.69, 9.17) is 14.5 Å². The van der Waals surface area contributed by atoms with Gasteiger partial charge in [-0.25, -0.2) is 18.4 Å². The molecule has 7 rings (SSSR count). The molecule has 2 aliphatic heterocycles. The third-order valence-corrected chi connectivity index (χ3v) is 10.8. The highest BCUT2D eigenvalue weighted by Gasteiger charge is 2.47. The lowest BCUT2D eigenvalue weighted by molar-refractivity contribution is -0.0874. The van der Waals surface area contributed by atoms with Gasteiger partial charge in [-0.05, 0) is 47.9 Å². The molecule has 1 aliphatic carbocycles. The summed E-state index contributed by atoms with van der Waals surface area (Å²) in [6.45, 7) is 6.21. The molecule has 0 N–H and O–H groups in total. The van der Waals surface area contributed by atoms with Crippen LogP contribution in [-0.2, 0) is 51.0 Å². The van der Waals surface area contributed by atoms with Crippen LogP contribution in [0.4, 0.5) is 11.5 Å². The van der Waals surface area contributed by atoms with Gasteiger partial charge in [0.1, 0.15) is 17.5 Å². The predicted octanol–water partition coefficient (Wildman–Crippen LogP) is 6.05. The zero-order valence-electron chi connectivity index (χ0n) is 27.6. The van der Waals surface area contributed by atoms with E-state index in [1.54, 1.807) is 0 Å². The van der Waals surface area contributed by atoms with E-state index in [1.807, 2.05) is 36.4 Å². The second-order valence-corrected chi connectivity index (χ2v) is 15.2. The molecular formula is C38H41N5O4S. The first-order chi connectivity index (χ1) is 23.3. The maximum atomic E-state index is 12.9. The maximum absolute atomic E-state index is 12.9. The van der Waals surface area contributed by atoms with Gasteiger partial charge in [0.15, 0.2) is 0 Å². The highest BCUT2D eigenvalue weighted by atomic mass is 32.2. The summed E-state index contributed by atoms with van der Waals surface area (Å²) in [7, 11) is -3.69. The van der Waals surface area contributed by atoms with Gasteiger partial charge in [-0.15, -0.1) is 0 Å². The van der Waals surface area contributed by atoms with Crippen LogP contribution in [0.25, 0.3) is 0 Å². The number of rotatable bonds is 7. The van der Waals surface area contributed by atoms with Crippen molar-refractivity contribution in [1.29, 1.82) is 5.26 Å². The molecule has 2 atom stereocenters. The molecule has 248 valence electrons. The van der Waals surface area contributed by atoms with Crippen molar-refractivity contribution in [2.75, 3.05) is 42.4 Å². The lowest BCUT2D eigenvalue weighted by Crippen LogP contribution is -2.42. The summed E-state index contributed by atoms with van der Waals surface area (Å²) in [6.07, 6.45) is 3.91. The zero-order chi connectivity index (χ0) is 33.3. The smallest absolute Gasteiger partial charge is 0.249 e. The highest BCUT2D eigenvalue weighted by Crippen LogP contribution is 2.51. The Morgan fingerprint density at radius 2 is 1.69 bits per heavy atom. The van der Waals surface area contributed by atoms with Gasteiger partial charge in [-0.3, -0.25) is 0 Å². The standard InChI is InChI=1S/C38H41N5O4S/c1-27-16-17-38(22-33-32(26-47-38)36(41-37(40-33)48(2,44)45)42-18-9-20-46-21-19-42)35-30(27)14-15-34(31(35)23-39)43(24-28-10-5-3-6-11-28)25-29-12-7-4-8-13-29/h3-8,10-15,27H,9,16-22,24-26H2,1-2H3. The number of benzene rings is 3. The molecule has 3 aliphatic rings. The van der Waals surface area contributed by atoms with Gasteiger partial charge < -0.3 is 19.3 Å². The fourth-order valence-electron chi connectivity index (χ4n) is 7.48. The zero-order valence-corrected chi connectivity index (χ0v) is 28.4. The van der Waals surface area contributed by atoms with Crippen molar-refractivity contribution in [2.45, 2.75) is 69.0 Å². The Morgan fingerprint density at radius 3 is 2.35 bits per heavy atom. The summed E-state index contributed by atoms with van der Waals surface area (Å²) in [4.78, 5) is 13.7. The molecule has 1 aromatic heterocycles. The molecule has 0 saturated carbocycles. The number of sulfone groups is 1. The van der Waals surface area contributed by atoms with Gasteiger partial charge in [-0.1, -0.05) is 73.7 Å². The minimum atomic E-state index is -3.69. The minimum Gasteiger partial charge on any atom is -0.380 e. The summed E-state index contributed by atoms with van der Waals surface area (Å²) >= 11 is 0. The van der Waals surface area contributed by atoms with E-state index in [1.165, 1.54) is 0 Å². The third-order valence-electron chi connectivity index (χ3n) is 9.92. The number of fused-ring (bicyclic) bond motifs is 3. The maximum Gasteiger partial charge on any atom is 0.249 e. The van der Waals surface area contributed by atoms with E-state index >= 15 is 0 Å². The fourth-order valence-corrected chi connectivity index (χ4v) is 8.01. The van der Waals surface area contributed by atoms with Crippen LogP contribution in [0.5, 0.6) is 0 Å². The van der Waals surface area contributed by atoms with Crippen molar-refractivity contribution in [3.8, 4) is 6.07 Å². The number of ether oxygens (including phenoxy) is 2. The van der Waals surface area contributed by atoms with E-state index in [9.17, 15) is 13.7 Å². The van der Waals surface area contributed by atoms with Crippen LogP contribution in [0.2, 0.25) is 0 Å². The van der Waals surface area contributed by atoms with E-state index in [-0.39, 0.29) is 17.7 Å². The average Bonchev–Trinajstić information content (AvgIpc) is 3.39. The van der Waals surface area contributed by atoms with Crippen molar-refractivity contribution in [3.05, 3.63) is 112 Å². The SMILES string of the molecule is CC1CCC2(Cc3nc(S(C)(=O)=O)nc(N4CCCOCC4)c3CO2)c2c1ccc(N(Cc1ccccc1)Cc1ccccc1)c2C#N. The molecule has 48 heavy (non-hydrogen) atoms. The summed E-state index contributed by atoms with van der Waals surface area (Å²) in [5, 5.41) is 10.8. The Labute approximate surface area is 283 Å². The van der Waals surface area contributed by atoms with Crippen LogP contribution in [0, 0.1) is 11.3 Å². The molecule has 0 bridgehead atoms. The number of aromatic nitrogens is 2. The van der Waals surface area contributed by atoms with Crippen LogP contribution in [-0.4, -0.2) is 50.9 Å². The predicted molar refractivity (Wildman–Crippen MR) is 185 cm³/mol. The Kier molecular flexibility index (Phi) is 8.94. The molecule has 1 spiro atoms. The minimum absolute atomic E-state index is 0.172. The molecule has 2 unspecified atom stereocenters. The normalized spacial score (nSPS) is 20.8. The van der Waals surface area contributed by atoms with Crippen LogP contribution in [0.15, 0.2) is 78.0 Å². The highest BCUT2D eigenvalue weighted by molar-refractivity contribution is 7.90. The van der Waals surface area contributed by atoms with E-state index in [0.29, 0.717) is 69.3 Å². The molecule has 3 aromatic carbocycles. The number of nitriles is 1. The van der Waals surface area contributed by atoms with Crippen LogP contribution < -0.4 is 9.80 Å². The van der Waals surface area contributed by atoms with E-state index in [2.05, 4.69) is 64.2 Å². The van der Waals surface area contributed by atoms with Gasteiger partial charge in [0.25, 0.3) is 0 Å². The molecule has 10 heteroatoms. The summed E-state index contributed by atoms with van der Waals surface area (Å²) < 4.78 is 38.4. The second-order valence-electron chi connectivity index (χ2n) is 13.2. The lowest BCUT2D eigenvalue weighted by atomic mass is 9.69. The fraction of sp³-hybridized carbons (Fsp3) is 0.395. The molecular weight excluding hydrogens is 623 g/mol. The number of hydrogen-bond acceptors (Lipinski definition) is 9. The first kappa shape index (κ1) is 32.3. The average molecular weight is 664 g/mol. The van der Waals surface area contributed by atoms with E-state index < -0.39 is 15.4 Å². The van der Waals surface area contributed by atoms with Crippen LogP contribution in [0.3, 0.4) is 0 Å². The molecule has 4 aromatic rings. The molecule has 1 saturated heterocycles. The number of anilines is 2. The Morgan fingerprint density at radius 1 is 0.979 bits per heavy atom. The molecule has 9 nitrogen and oxygen atoms in total. The molecule has 1 fully saturated rings. The van der Waals surface area contributed by atoms with Gasteiger partial charge in [-0.2, -0.15) is 5.26 Å². The van der Waals surface area contributed by atoms with Crippen molar-refractivity contribution < 1.29 is 17.9 Å². The quantitative estimate of drug-likeness (QED) is 0.218. The van der Waals surface area contributed by atoms with Gasteiger partial charge in [0, 0.05) is 56.6 Å². The molecule has 0 radical (unpaired) electrons. The third kappa shape index (κ3) is 6.30. The second kappa shape index (κ2) is 13.3. The van der Waals surface area contributed by atoms with E-state index in [0.717, 1.165) is 52.6 Å². The lowest BCUT2D eigenvalue weighted by Gasteiger charge is -2.45. The van der Waals surface area contributed by atoms with Crippen LogP contribution >= 0.6 is 0 Å². The summed E-state index contributed by atoms with van der Waals surface area (Å²) in [6, 6.07) is 27.5. The summed E-state index contributed by atoms with van der Waals surface area (Å²) in [5.41, 5.74) is 6.44. The number of nitrogens with zero attached hydrogens (tertiary/aromatic N) is 5. The molecule has 3 heterocycles. The van der Waals surface area contributed by atoms with Crippen molar-refractivity contribution in [1.82, 2.24) is 9.97 Å². The number of hydrogen-bond donors (Lipinski definition) is 0. The summed E-state index contributed by atoms with van der Waals surface area (Å²) in [5.74, 6) is 0.842. The van der Waals surface area contributed by atoms with Gasteiger partial charge in [0.05, 0.1) is 30.2 Å². The van der Waals surface area contributed by atoms with Crippen molar-refractivity contribution >= 4 is 21.3 Å². The largest absolute Gasteiger partial charge is 0.380 e. The van der Waals surface area contributed by atoms with Gasteiger partial charge in [0.2, 0.25) is 15.0 Å². The van der Waals surface area contributed by atoms with Crippen LogP contribution in [0.1, 0.15) is 71.2 Å².